The first-order valence-electron chi connectivity index (χ1n) is 11.1. The van der Waals surface area contributed by atoms with Crippen molar-refractivity contribution < 1.29 is 22.7 Å². The van der Waals surface area contributed by atoms with E-state index in [1.807, 2.05) is 24.3 Å². The number of benzene rings is 2. The predicted octanol–water partition coefficient (Wildman–Crippen LogP) is 2.64. The monoisotopic (exact) mass is 496 g/mol. The molecule has 1 fully saturated rings. The topological polar surface area (TPSA) is 110 Å². The minimum atomic E-state index is -3.86. The Labute approximate surface area is 205 Å². The van der Waals surface area contributed by atoms with E-state index < -0.39 is 15.7 Å². The Morgan fingerprint density at radius 2 is 1.66 bits per heavy atom. The third-order valence-electron chi connectivity index (χ3n) is 5.96. The largest absolute Gasteiger partial charge is 0.497 e. The predicted molar refractivity (Wildman–Crippen MR) is 131 cm³/mol. The van der Waals surface area contributed by atoms with Gasteiger partial charge in [-0.25, -0.2) is 13.2 Å². The van der Waals surface area contributed by atoms with Crippen LogP contribution in [0.2, 0.25) is 0 Å². The molecule has 9 nitrogen and oxygen atoms in total. The zero-order chi connectivity index (χ0) is 24.9. The van der Waals surface area contributed by atoms with Crippen molar-refractivity contribution in [3.63, 3.8) is 0 Å². The van der Waals surface area contributed by atoms with Crippen LogP contribution in [-0.4, -0.2) is 51.6 Å². The van der Waals surface area contributed by atoms with E-state index in [4.69, 9.17) is 9.47 Å². The number of pyridine rings is 1. The van der Waals surface area contributed by atoms with Crippen molar-refractivity contribution in [3.8, 4) is 11.5 Å². The molecule has 0 aliphatic carbocycles. The molecule has 1 saturated heterocycles. The number of sulfonamides is 1. The molecule has 0 bridgehead atoms. The summed E-state index contributed by atoms with van der Waals surface area (Å²) in [5, 5.41) is 2.83. The van der Waals surface area contributed by atoms with Gasteiger partial charge in [0.25, 0.3) is 0 Å². The molecule has 184 valence electrons. The molecule has 1 unspecified atom stereocenters. The Kier molecular flexibility index (Phi) is 7.23. The van der Waals surface area contributed by atoms with Crippen LogP contribution in [0, 0.1) is 0 Å². The van der Waals surface area contributed by atoms with Crippen LogP contribution in [0.5, 0.6) is 11.5 Å². The lowest BCUT2D eigenvalue weighted by Gasteiger charge is -2.38. The number of hydrogen-bond donors (Lipinski definition) is 2. The average molecular weight is 497 g/mol. The van der Waals surface area contributed by atoms with Crippen molar-refractivity contribution in [1.82, 2.24) is 19.9 Å². The maximum atomic E-state index is 13.3. The lowest BCUT2D eigenvalue weighted by Crippen LogP contribution is -2.57. The number of carbonyl (C=O) groups excluding carboxylic acids is 1. The number of aromatic nitrogens is 1. The van der Waals surface area contributed by atoms with E-state index in [0.717, 1.165) is 11.3 Å². The molecule has 2 N–H and O–H groups in total. The number of hydrogen-bond acceptors (Lipinski definition) is 6. The van der Waals surface area contributed by atoms with Crippen LogP contribution in [-0.2, 0) is 27.9 Å². The van der Waals surface area contributed by atoms with Gasteiger partial charge in [-0.15, -0.1) is 0 Å². The van der Waals surface area contributed by atoms with Crippen molar-refractivity contribution in [2.75, 3.05) is 27.3 Å². The molecule has 4 rings (SSSR count). The van der Waals surface area contributed by atoms with Gasteiger partial charge in [-0.1, -0.05) is 30.3 Å². The fraction of sp³-hybridized carbons (Fsp3) is 0.280. The second-order valence-corrected chi connectivity index (χ2v) is 9.94. The molecule has 10 heteroatoms. The summed E-state index contributed by atoms with van der Waals surface area (Å²) in [6.07, 6.45) is 3.63. The fourth-order valence-electron chi connectivity index (χ4n) is 4.16. The van der Waals surface area contributed by atoms with E-state index in [1.54, 1.807) is 61.7 Å². The number of methoxy groups -OCH3 is 2. The molecule has 2 aromatic carbocycles. The second kappa shape index (κ2) is 10.3. The highest BCUT2D eigenvalue weighted by Crippen LogP contribution is 2.32. The minimum absolute atomic E-state index is 0.0764. The number of urea groups is 1. The van der Waals surface area contributed by atoms with Crippen LogP contribution in [0.15, 0.2) is 73.1 Å². The van der Waals surface area contributed by atoms with Crippen molar-refractivity contribution in [2.24, 2.45) is 0 Å². The maximum Gasteiger partial charge on any atom is 0.319 e. The molecule has 1 aromatic heterocycles. The van der Waals surface area contributed by atoms with Gasteiger partial charge in [0.05, 0.1) is 26.5 Å². The molecular formula is C25H28N4O5S. The molecule has 2 heterocycles. The molecule has 1 aliphatic heterocycles. The first kappa shape index (κ1) is 24.5. The SMILES string of the molecule is COc1ccc(CCN2C(=O)NCC2(NS(=O)(=O)Cc2cccnc2)c2ccc(OC)cc2)cc1. The Morgan fingerprint density at radius 1 is 1.00 bits per heavy atom. The van der Waals surface area contributed by atoms with Gasteiger partial charge in [-0.2, -0.15) is 4.72 Å². The fourth-order valence-corrected chi connectivity index (χ4v) is 5.66. The Hall–Kier alpha value is -3.63. The van der Waals surface area contributed by atoms with E-state index in [1.165, 1.54) is 6.20 Å². The number of carbonyl (C=O) groups is 1. The molecule has 0 radical (unpaired) electrons. The Morgan fingerprint density at radius 3 is 2.26 bits per heavy atom. The summed E-state index contributed by atoms with van der Waals surface area (Å²) in [6.45, 7) is 0.368. The number of nitrogens with zero attached hydrogens (tertiary/aromatic N) is 2. The molecule has 3 aromatic rings. The van der Waals surface area contributed by atoms with Crippen molar-refractivity contribution in [1.29, 1.82) is 0 Å². The van der Waals surface area contributed by atoms with E-state index in [-0.39, 0.29) is 18.3 Å². The van der Waals surface area contributed by atoms with Gasteiger partial charge >= 0.3 is 6.03 Å². The van der Waals surface area contributed by atoms with Gasteiger partial charge in [0.2, 0.25) is 10.0 Å². The second-order valence-electron chi connectivity index (χ2n) is 8.22. The maximum absolute atomic E-state index is 13.3. The quantitative estimate of drug-likeness (QED) is 0.447. The lowest BCUT2D eigenvalue weighted by molar-refractivity contribution is 0.147. The molecule has 2 amide bonds. The highest BCUT2D eigenvalue weighted by Gasteiger charge is 2.49. The first-order valence-corrected chi connectivity index (χ1v) is 12.7. The summed E-state index contributed by atoms with van der Waals surface area (Å²) in [6, 6.07) is 17.6. The van der Waals surface area contributed by atoms with Crippen LogP contribution in [0.4, 0.5) is 4.79 Å². The van der Waals surface area contributed by atoms with E-state index in [9.17, 15) is 13.2 Å². The van der Waals surface area contributed by atoms with E-state index in [0.29, 0.717) is 29.8 Å². The van der Waals surface area contributed by atoms with Crippen LogP contribution in [0.3, 0.4) is 0 Å². The van der Waals surface area contributed by atoms with Crippen LogP contribution < -0.4 is 19.5 Å². The summed E-state index contributed by atoms with van der Waals surface area (Å²) in [4.78, 5) is 18.5. The van der Waals surface area contributed by atoms with Gasteiger partial charge in [0, 0.05) is 18.9 Å². The van der Waals surface area contributed by atoms with Gasteiger partial charge in [0.1, 0.15) is 11.5 Å². The number of amides is 2. The van der Waals surface area contributed by atoms with E-state index >= 15 is 0 Å². The highest BCUT2D eigenvalue weighted by atomic mass is 32.2. The molecule has 1 atom stereocenters. The van der Waals surface area contributed by atoms with Gasteiger partial charge in [-0.05, 0) is 53.4 Å². The lowest BCUT2D eigenvalue weighted by atomic mass is 9.99. The number of rotatable bonds is 10. The molecule has 0 spiro atoms. The average Bonchev–Trinajstić information content (AvgIpc) is 3.18. The minimum Gasteiger partial charge on any atom is -0.497 e. The summed E-state index contributed by atoms with van der Waals surface area (Å²) in [5.74, 6) is 1.10. The standard InChI is InChI=1S/C25H28N4O5S/c1-33-22-9-5-19(6-10-22)13-15-29-24(30)27-18-25(29,21-7-11-23(34-2)12-8-21)28-35(31,32)17-20-4-3-14-26-16-20/h3-12,14,16,28H,13,15,17-18H2,1-2H3,(H,27,30). The number of ether oxygens (including phenoxy) is 2. The van der Waals surface area contributed by atoms with E-state index in [2.05, 4.69) is 15.0 Å². The van der Waals surface area contributed by atoms with Crippen LogP contribution in [0.25, 0.3) is 0 Å². The van der Waals surface area contributed by atoms with Crippen molar-refractivity contribution in [2.45, 2.75) is 17.8 Å². The Balaban J connectivity index is 1.66. The third-order valence-corrected chi connectivity index (χ3v) is 7.32. The highest BCUT2D eigenvalue weighted by molar-refractivity contribution is 7.88. The normalized spacial score (nSPS) is 17.8. The zero-order valence-corrected chi connectivity index (χ0v) is 20.4. The van der Waals surface area contributed by atoms with Gasteiger partial charge in [-0.3, -0.25) is 9.88 Å². The smallest absolute Gasteiger partial charge is 0.319 e. The van der Waals surface area contributed by atoms with Gasteiger partial charge < -0.3 is 14.8 Å². The first-order chi connectivity index (χ1) is 16.8. The third kappa shape index (κ3) is 5.55. The zero-order valence-electron chi connectivity index (χ0n) is 19.6. The number of nitrogens with one attached hydrogen (secondary N) is 2. The van der Waals surface area contributed by atoms with Crippen LogP contribution >= 0.6 is 0 Å². The van der Waals surface area contributed by atoms with Crippen molar-refractivity contribution in [3.05, 3.63) is 89.7 Å². The van der Waals surface area contributed by atoms with Crippen molar-refractivity contribution >= 4 is 16.1 Å². The molecule has 0 saturated carbocycles. The Bertz CT molecular complexity index is 1250. The molecule has 1 aliphatic rings. The summed E-state index contributed by atoms with van der Waals surface area (Å²) in [5.41, 5.74) is 0.858. The molecular weight excluding hydrogens is 468 g/mol. The van der Waals surface area contributed by atoms with Crippen LogP contribution in [0.1, 0.15) is 16.7 Å². The summed E-state index contributed by atoms with van der Waals surface area (Å²) >= 11 is 0. The molecule has 35 heavy (non-hydrogen) atoms. The summed E-state index contributed by atoms with van der Waals surface area (Å²) in [7, 11) is -0.700. The summed E-state index contributed by atoms with van der Waals surface area (Å²) < 4.78 is 39.9. The van der Waals surface area contributed by atoms with Gasteiger partial charge in [0.15, 0.2) is 5.66 Å².